The van der Waals surface area contributed by atoms with Crippen molar-refractivity contribution < 1.29 is 9.47 Å². The van der Waals surface area contributed by atoms with Gasteiger partial charge in [-0.05, 0) is 31.9 Å². The van der Waals surface area contributed by atoms with Crippen molar-refractivity contribution in [3.05, 3.63) is 29.3 Å². The van der Waals surface area contributed by atoms with Gasteiger partial charge >= 0.3 is 0 Å². The molecule has 1 saturated heterocycles. The van der Waals surface area contributed by atoms with Crippen molar-refractivity contribution in [2.45, 2.75) is 33.2 Å². The Morgan fingerprint density at radius 1 is 1.23 bits per heavy atom. The van der Waals surface area contributed by atoms with E-state index in [4.69, 9.17) is 9.47 Å². The van der Waals surface area contributed by atoms with E-state index in [-0.39, 0.29) is 12.4 Å². The lowest BCUT2D eigenvalue weighted by Gasteiger charge is -2.09. The lowest BCUT2D eigenvalue weighted by Crippen LogP contribution is -2.03. The van der Waals surface area contributed by atoms with E-state index in [0.717, 1.165) is 5.75 Å². The Balaban J connectivity index is 2.18. The molecule has 1 aromatic carbocycles. The van der Waals surface area contributed by atoms with Gasteiger partial charge in [-0.1, -0.05) is 18.2 Å². The summed E-state index contributed by atoms with van der Waals surface area (Å²) in [5.74, 6) is 0.969. The Labute approximate surface area is 78.5 Å². The van der Waals surface area contributed by atoms with Gasteiger partial charge in [0, 0.05) is 0 Å². The summed E-state index contributed by atoms with van der Waals surface area (Å²) >= 11 is 0. The molecule has 1 heterocycles. The van der Waals surface area contributed by atoms with Crippen LogP contribution in [-0.4, -0.2) is 12.4 Å². The van der Waals surface area contributed by atoms with Crippen LogP contribution in [0.1, 0.15) is 18.1 Å². The van der Waals surface area contributed by atoms with Crippen LogP contribution in [0.4, 0.5) is 0 Å². The maximum atomic E-state index is 5.68. The van der Waals surface area contributed by atoms with E-state index < -0.39 is 0 Å². The molecular formula is C11H14O2. The largest absolute Gasteiger partial charge is 0.462 e. The molecule has 1 aromatic rings. The zero-order chi connectivity index (χ0) is 9.42. The smallest absolute Gasteiger partial charge is 0.226 e. The van der Waals surface area contributed by atoms with Gasteiger partial charge in [-0.25, -0.2) is 0 Å². The lowest BCUT2D eigenvalue weighted by molar-refractivity contribution is 0.176. The predicted octanol–water partition coefficient (Wildman–Crippen LogP) is 2.43. The maximum Gasteiger partial charge on any atom is 0.226 e. The molecule has 2 heteroatoms. The van der Waals surface area contributed by atoms with E-state index in [1.54, 1.807) is 0 Å². The second-order valence-corrected chi connectivity index (χ2v) is 3.55. The lowest BCUT2D eigenvalue weighted by atomic mass is 10.1. The Morgan fingerprint density at radius 2 is 1.77 bits per heavy atom. The molecule has 0 N–H and O–H groups in total. The van der Waals surface area contributed by atoms with Crippen molar-refractivity contribution in [1.29, 1.82) is 0 Å². The predicted molar refractivity (Wildman–Crippen MR) is 50.9 cm³/mol. The van der Waals surface area contributed by atoms with Crippen molar-refractivity contribution in [3.8, 4) is 5.75 Å². The van der Waals surface area contributed by atoms with E-state index in [1.807, 2.05) is 13.0 Å². The summed E-state index contributed by atoms with van der Waals surface area (Å²) in [6, 6.07) is 6.14. The molecule has 13 heavy (non-hydrogen) atoms. The van der Waals surface area contributed by atoms with Crippen molar-refractivity contribution in [1.82, 2.24) is 0 Å². The van der Waals surface area contributed by atoms with Crippen molar-refractivity contribution >= 4 is 0 Å². The van der Waals surface area contributed by atoms with Gasteiger partial charge in [-0.2, -0.15) is 0 Å². The summed E-state index contributed by atoms with van der Waals surface area (Å²) < 4.78 is 10.9. The Morgan fingerprint density at radius 3 is 2.23 bits per heavy atom. The zero-order valence-electron chi connectivity index (χ0n) is 8.20. The van der Waals surface area contributed by atoms with Crippen LogP contribution in [0.5, 0.6) is 5.75 Å². The number of benzene rings is 1. The Bertz CT molecular complexity index is 300. The second-order valence-electron chi connectivity index (χ2n) is 3.55. The van der Waals surface area contributed by atoms with Gasteiger partial charge in [0.15, 0.2) is 0 Å². The number of rotatable bonds is 2. The van der Waals surface area contributed by atoms with Crippen molar-refractivity contribution in [2.24, 2.45) is 0 Å². The average Bonchev–Trinajstić information content (AvgIpc) is 2.75. The number of ether oxygens (including phenoxy) is 2. The fraction of sp³-hybridized carbons (Fsp3) is 0.455. The number of para-hydroxylation sites is 1. The quantitative estimate of drug-likeness (QED) is 0.649. The van der Waals surface area contributed by atoms with E-state index in [0.29, 0.717) is 0 Å². The number of aryl methyl sites for hydroxylation is 2. The van der Waals surface area contributed by atoms with Crippen molar-refractivity contribution in [3.63, 3.8) is 0 Å². The normalized spacial score (nSPS) is 25.8. The summed E-state index contributed by atoms with van der Waals surface area (Å²) in [6.07, 6.45) is 0.221. The van der Waals surface area contributed by atoms with Gasteiger partial charge in [0.25, 0.3) is 0 Å². The van der Waals surface area contributed by atoms with Crippen LogP contribution in [0.3, 0.4) is 0 Å². The zero-order valence-corrected chi connectivity index (χ0v) is 8.20. The highest BCUT2D eigenvalue weighted by Crippen LogP contribution is 2.30. The summed E-state index contributed by atoms with van der Waals surface area (Å²) in [5.41, 5.74) is 2.34. The molecule has 2 atom stereocenters. The average molecular weight is 178 g/mol. The van der Waals surface area contributed by atoms with Crippen LogP contribution in [0.15, 0.2) is 18.2 Å². The summed E-state index contributed by atoms with van der Waals surface area (Å²) in [6.45, 7) is 6.11. The summed E-state index contributed by atoms with van der Waals surface area (Å²) in [7, 11) is 0. The molecule has 0 saturated carbocycles. The van der Waals surface area contributed by atoms with E-state index in [2.05, 4.69) is 26.0 Å². The standard InChI is InChI=1S/C11H14O2/c1-7-5-4-6-8(2)10(7)13-11-9(3)12-11/h4-6,9,11H,1-3H3. The highest BCUT2D eigenvalue weighted by atomic mass is 16.8. The molecule has 2 nitrogen and oxygen atoms in total. The Hall–Kier alpha value is -1.02. The third kappa shape index (κ3) is 1.68. The summed E-state index contributed by atoms with van der Waals surface area (Å²) in [4.78, 5) is 0. The maximum absolute atomic E-state index is 5.68. The van der Waals surface area contributed by atoms with Gasteiger partial charge in [0.1, 0.15) is 11.9 Å². The van der Waals surface area contributed by atoms with Gasteiger partial charge < -0.3 is 9.47 Å². The van der Waals surface area contributed by atoms with Crippen molar-refractivity contribution in [2.75, 3.05) is 0 Å². The van der Waals surface area contributed by atoms with E-state index in [9.17, 15) is 0 Å². The number of epoxide rings is 1. The molecule has 2 unspecified atom stereocenters. The first-order valence-corrected chi connectivity index (χ1v) is 4.57. The molecule has 0 spiro atoms. The topological polar surface area (TPSA) is 21.8 Å². The highest BCUT2D eigenvalue weighted by molar-refractivity contribution is 5.39. The summed E-state index contributed by atoms with van der Waals surface area (Å²) in [5, 5.41) is 0. The first kappa shape index (κ1) is 8.57. The number of hydrogen-bond donors (Lipinski definition) is 0. The van der Waals surface area contributed by atoms with Gasteiger partial charge in [-0.3, -0.25) is 0 Å². The first-order chi connectivity index (χ1) is 6.18. The van der Waals surface area contributed by atoms with Crippen LogP contribution in [-0.2, 0) is 4.74 Å². The third-order valence-electron chi connectivity index (χ3n) is 2.30. The van der Waals surface area contributed by atoms with Gasteiger partial charge in [0.2, 0.25) is 6.29 Å². The first-order valence-electron chi connectivity index (χ1n) is 4.57. The molecule has 2 rings (SSSR count). The minimum absolute atomic E-state index is 0.0280. The molecule has 70 valence electrons. The molecule has 0 aromatic heterocycles. The molecular weight excluding hydrogens is 164 g/mol. The molecule has 0 radical (unpaired) electrons. The third-order valence-corrected chi connectivity index (χ3v) is 2.30. The highest BCUT2D eigenvalue weighted by Gasteiger charge is 2.37. The minimum atomic E-state index is -0.0280. The fourth-order valence-corrected chi connectivity index (χ4v) is 1.39. The molecule has 1 aliphatic rings. The molecule has 0 bridgehead atoms. The molecule has 0 amide bonds. The van der Waals surface area contributed by atoms with E-state index >= 15 is 0 Å². The monoisotopic (exact) mass is 178 g/mol. The van der Waals surface area contributed by atoms with Gasteiger partial charge in [-0.15, -0.1) is 0 Å². The van der Waals surface area contributed by atoms with Gasteiger partial charge in [0.05, 0.1) is 0 Å². The molecule has 0 aliphatic carbocycles. The van der Waals surface area contributed by atoms with E-state index in [1.165, 1.54) is 11.1 Å². The number of hydrogen-bond acceptors (Lipinski definition) is 2. The van der Waals surface area contributed by atoms with Crippen LogP contribution < -0.4 is 4.74 Å². The van der Waals surface area contributed by atoms with Crippen LogP contribution in [0.2, 0.25) is 0 Å². The minimum Gasteiger partial charge on any atom is -0.462 e. The fourth-order valence-electron chi connectivity index (χ4n) is 1.39. The molecule has 1 aliphatic heterocycles. The second kappa shape index (κ2) is 3.04. The molecule has 1 fully saturated rings. The SMILES string of the molecule is Cc1cccc(C)c1OC1OC1C. The Kier molecular flexibility index (Phi) is 2.00. The van der Waals surface area contributed by atoms with Crippen LogP contribution in [0, 0.1) is 13.8 Å². The van der Waals surface area contributed by atoms with Crippen LogP contribution >= 0.6 is 0 Å². The van der Waals surface area contributed by atoms with Crippen LogP contribution in [0.25, 0.3) is 0 Å².